The Kier molecular flexibility index (Phi) is 6.03. The van der Waals surface area contributed by atoms with Gasteiger partial charge in [0.05, 0.1) is 15.7 Å². The number of hydrogen-bond donors (Lipinski definition) is 1. The molecule has 0 fully saturated rings. The first-order chi connectivity index (χ1) is 14.9. The van der Waals surface area contributed by atoms with E-state index in [0.29, 0.717) is 6.42 Å². The molecule has 160 valence electrons. The van der Waals surface area contributed by atoms with Crippen LogP contribution in [0.5, 0.6) is 0 Å². The molecule has 6 heteroatoms. The Bertz CT molecular complexity index is 1220. The summed E-state index contributed by atoms with van der Waals surface area (Å²) in [7, 11) is -1.46. The zero-order valence-corrected chi connectivity index (χ0v) is 18.9. The molecule has 0 aliphatic carbocycles. The molecule has 2 heterocycles. The van der Waals surface area contributed by atoms with Gasteiger partial charge >= 0.3 is 0 Å². The molecule has 4 rings (SSSR count). The van der Waals surface area contributed by atoms with E-state index in [0.717, 1.165) is 39.9 Å². The number of nitrogens with zero attached hydrogens (tertiary/aromatic N) is 2. The summed E-state index contributed by atoms with van der Waals surface area (Å²) in [6.07, 6.45) is 3.18. The van der Waals surface area contributed by atoms with Gasteiger partial charge in [0.2, 0.25) is 0 Å². The van der Waals surface area contributed by atoms with E-state index in [-0.39, 0.29) is 5.92 Å². The summed E-state index contributed by atoms with van der Waals surface area (Å²) in [4.78, 5) is 4.55. The minimum absolute atomic E-state index is 0.0593. The van der Waals surface area contributed by atoms with E-state index in [2.05, 4.69) is 29.2 Å². The normalized spacial score (nSPS) is 13.9. The molecule has 0 radical (unpaired) electrons. The molecule has 0 aliphatic heterocycles. The van der Waals surface area contributed by atoms with Crippen molar-refractivity contribution in [3.05, 3.63) is 83.7 Å². The molecule has 0 aliphatic rings. The van der Waals surface area contributed by atoms with Crippen molar-refractivity contribution in [2.75, 3.05) is 0 Å². The summed E-state index contributed by atoms with van der Waals surface area (Å²) in [5.41, 5.74) is 5.94. The van der Waals surface area contributed by atoms with Crippen molar-refractivity contribution in [1.82, 2.24) is 10.1 Å². The first kappa shape index (κ1) is 21.4. The van der Waals surface area contributed by atoms with Crippen molar-refractivity contribution in [1.29, 1.82) is 0 Å². The smallest absolute Gasteiger partial charge is 0.167 e. The number of aromatic nitrogens is 2. The summed E-state index contributed by atoms with van der Waals surface area (Å²) in [5, 5.41) is 11.3. The third kappa shape index (κ3) is 4.45. The highest BCUT2D eigenvalue weighted by molar-refractivity contribution is 7.84. The van der Waals surface area contributed by atoms with Crippen molar-refractivity contribution >= 4 is 22.0 Å². The van der Waals surface area contributed by atoms with Crippen molar-refractivity contribution in [2.45, 2.75) is 44.3 Å². The molecule has 5 nitrogen and oxygen atoms in total. The summed E-state index contributed by atoms with van der Waals surface area (Å²) >= 11 is 0. The molecule has 31 heavy (non-hydrogen) atoms. The van der Waals surface area contributed by atoms with Gasteiger partial charge in [0.1, 0.15) is 5.69 Å². The summed E-state index contributed by atoms with van der Waals surface area (Å²) in [6.45, 7) is 6.02. The fraction of sp³-hybridized carbons (Fsp3) is 0.280. The van der Waals surface area contributed by atoms with Crippen LogP contribution in [-0.2, 0) is 17.4 Å². The van der Waals surface area contributed by atoms with Gasteiger partial charge in [-0.05, 0) is 74.9 Å². The number of para-hydroxylation sites is 1. The first-order valence-corrected chi connectivity index (χ1v) is 11.6. The maximum atomic E-state index is 12.3. The van der Waals surface area contributed by atoms with Crippen LogP contribution < -0.4 is 5.14 Å². The lowest BCUT2D eigenvalue weighted by molar-refractivity contribution is 0.459. The first-order valence-electron chi connectivity index (χ1n) is 10.4. The average molecular weight is 434 g/mol. The van der Waals surface area contributed by atoms with Gasteiger partial charge in [0, 0.05) is 22.8 Å². The van der Waals surface area contributed by atoms with Gasteiger partial charge in [-0.2, -0.15) is 0 Å². The fourth-order valence-corrected chi connectivity index (χ4v) is 4.60. The lowest BCUT2D eigenvalue weighted by Crippen LogP contribution is -2.34. The molecule has 0 saturated carbocycles. The Hall–Kier alpha value is -2.83. The van der Waals surface area contributed by atoms with E-state index in [1.54, 1.807) is 0 Å². The number of aryl methyl sites for hydroxylation is 1. The quantitative estimate of drug-likeness (QED) is 0.428. The Morgan fingerprint density at radius 3 is 2.58 bits per heavy atom. The second-order valence-corrected chi connectivity index (χ2v) is 10.2. The molecule has 2 aromatic heterocycles. The zero-order chi connectivity index (χ0) is 22.0. The highest BCUT2D eigenvalue weighted by Gasteiger charge is 2.31. The van der Waals surface area contributed by atoms with Crippen molar-refractivity contribution in [2.24, 2.45) is 5.14 Å². The lowest BCUT2D eigenvalue weighted by atomic mass is 9.80. The van der Waals surface area contributed by atoms with Gasteiger partial charge in [-0.1, -0.05) is 41.6 Å². The number of pyridine rings is 1. The Morgan fingerprint density at radius 1 is 1.06 bits per heavy atom. The molecule has 0 saturated heterocycles. The SMILES string of the molecule is Cc1cccc(-c2noc3ccccc23)c1[C@@H](Cc1ccccn1)CC(C)(C)S(N)=O. The van der Waals surface area contributed by atoms with Gasteiger partial charge < -0.3 is 4.52 Å². The van der Waals surface area contributed by atoms with Gasteiger partial charge in [0.15, 0.2) is 5.58 Å². The molecule has 2 atom stereocenters. The minimum Gasteiger partial charge on any atom is -0.356 e. The predicted molar refractivity (Wildman–Crippen MR) is 126 cm³/mol. The van der Waals surface area contributed by atoms with Crippen molar-refractivity contribution in [3.8, 4) is 11.3 Å². The zero-order valence-electron chi connectivity index (χ0n) is 18.0. The van der Waals surface area contributed by atoms with Crippen LogP contribution in [0.25, 0.3) is 22.2 Å². The van der Waals surface area contributed by atoms with E-state index in [4.69, 9.17) is 9.66 Å². The summed E-state index contributed by atoms with van der Waals surface area (Å²) < 4.78 is 17.4. The molecular weight excluding hydrogens is 406 g/mol. The number of hydrogen-bond acceptors (Lipinski definition) is 4. The van der Waals surface area contributed by atoms with Crippen LogP contribution in [-0.4, -0.2) is 19.1 Å². The molecular formula is C25H27N3O2S. The number of rotatable bonds is 7. The van der Waals surface area contributed by atoms with Gasteiger partial charge in [0.25, 0.3) is 0 Å². The van der Waals surface area contributed by atoms with Crippen LogP contribution in [0.2, 0.25) is 0 Å². The molecule has 0 bridgehead atoms. The van der Waals surface area contributed by atoms with E-state index in [1.807, 2.05) is 68.6 Å². The van der Waals surface area contributed by atoms with Gasteiger partial charge in [-0.15, -0.1) is 0 Å². The molecule has 2 N–H and O–H groups in total. The second-order valence-electron chi connectivity index (χ2n) is 8.55. The summed E-state index contributed by atoms with van der Waals surface area (Å²) in [6, 6.07) is 20.1. The van der Waals surface area contributed by atoms with Gasteiger partial charge in [-0.25, -0.2) is 4.21 Å². The fourth-order valence-electron chi connectivity index (χ4n) is 4.23. The highest BCUT2D eigenvalue weighted by Crippen LogP contribution is 2.40. The van der Waals surface area contributed by atoms with E-state index in [1.165, 1.54) is 5.56 Å². The van der Waals surface area contributed by atoms with E-state index < -0.39 is 15.7 Å². The summed E-state index contributed by atoms with van der Waals surface area (Å²) in [5.74, 6) is 0.0593. The van der Waals surface area contributed by atoms with E-state index in [9.17, 15) is 4.21 Å². The predicted octanol–water partition coefficient (Wildman–Crippen LogP) is 5.32. The third-order valence-electron chi connectivity index (χ3n) is 5.83. The Balaban J connectivity index is 1.87. The second kappa shape index (κ2) is 8.73. The standard InChI is InChI=1S/C25H27N3O2S/c1-17-9-8-12-21(24-20-11-4-5-13-22(20)30-28-24)23(17)18(16-25(2,3)31(26)29)15-19-10-6-7-14-27-19/h4-14,18H,15-16,26H2,1-3H3/t18-,31?/m0/s1. The van der Waals surface area contributed by atoms with Crippen LogP contribution in [0.1, 0.15) is 43.0 Å². The van der Waals surface area contributed by atoms with Gasteiger partial charge in [-0.3, -0.25) is 10.1 Å². The largest absolute Gasteiger partial charge is 0.356 e. The number of nitrogens with two attached hydrogens (primary N) is 1. The maximum Gasteiger partial charge on any atom is 0.167 e. The molecule has 1 unspecified atom stereocenters. The minimum atomic E-state index is -1.46. The van der Waals surface area contributed by atoms with Crippen LogP contribution >= 0.6 is 0 Å². The van der Waals surface area contributed by atoms with E-state index >= 15 is 0 Å². The maximum absolute atomic E-state index is 12.3. The highest BCUT2D eigenvalue weighted by atomic mass is 32.2. The van der Waals surface area contributed by atoms with Crippen LogP contribution in [0, 0.1) is 6.92 Å². The third-order valence-corrected chi connectivity index (χ3v) is 7.09. The lowest BCUT2D eigenvalue weighted by Gasteiger charge is -2.30. The molecule has 0 spiro atoms. The average Bonchev–Trinajstić information content (AvgIpc) is 3.17. The number of fused-ring (bicyclic) bond motifs is 1. The van der Waals surface area contributed by atoms with Crippen LogP contribution in [0.4, 0.5) is 0 Å². The molecule has 2 aromatic carbocycles. The monoisotopic (exact) mass is 433 g/mol. The van der Waals surface area contributed by atoms with Crippen molar-refractivity contribution < 1.29 is 8.73 Å². The molecule has 4 aromatic rings. The number of benzene rings is 2. The van der Waals surface area contributed by atoms with Crippen LogP contribution in [0.15, 0.2) is 71.4 Å². The molecule has 0 amide bonds. The Labute approximate surface area is 185 Å². The Morgan fingerprint density at radius 2 is 1.84 bits per heavy atom. The topological polar surface area (TPSA) is 82.0 Å². The van der Waals surface area contributed by atoms with Crippen LogP contribution in [0.3, 0.4) is 0 Å². The van der Waals surface area contributed by atoms with Crippen molar-refractivity contribution in [3.63, 3.8) is 0 Å².